The maximum absolute atomic E-state index is 12.3. The summed E-state index contributed by atoms with van der Waals surface area (Å²) < 4.78 is 6.82. The minimum Gasteiger partial charge on any atom is -0.467 e. The number of nitrogens with one attached hydrogen (secondary N) is 1. The molecule has 1 atom stereocenters. The van der Waals surface area contributed by atoms with Gasteiger partial charge in [0.25, 0.3) is 0 Å². The first kappa shape index (κ1) is 15.5. The monoisotopic (exact) mass is 321 g/mol. The number of aromatic nitrogens is 3. The number of hydrogen-bond donors (Lipinski definition) is 1. The summed E-state index contributed by atoms with van der Waals surface area (Å²) in [6.45, 7) is 0.216. The molecule has 2 aromatic heterocycles. The molecule has 0 fully saturated rings. The predicted octanol–water partition coefficient (Wildman–Crippen LogP) is 2.00. The molecule has 0 saturated heterocycles. The number of carbonyl (C=O) groups excluding carboxylic acids is 1. The summed E-state index contributed by atoms with van der Waals surface area (Å²) in [4.78, 5) is 12.3. The maximum atomic E-state index is 12.3. The van der Waals surface area contributed by atoms with Crippen molar-refractivity contribution in [1.82, 2.24) is 20.1 Å². The van der Waals surface area contributed by atoms with Gasteiger partial charge < -0.3 is 14.3 Å². The van der Waals surface area contributed by atoms with Crippen LogP contribution in [0.5, 0.6) is 0 Å². The van der Waals surface area contributed by atoms with Crippen LogP contribution in [0.1, 0.15) is 17.5 Å². The van der Waals surface area contributed by atoms with Crippen molar-refractivity contribution >= 4 is 5.91 Å². The van der Waals surface area contributed by atoms with E-state index in [1.54, 1.807) is 23.7 Å². The van der Waals surface area contributed by atoms with E-state index >= 15 is 0 Å². The van der Waals surface area contributed by atoms with Crippen molar-refractivity contribution < 1.29 is 9.21 Å². The first-order valence-corrected chi connectivity index (χ1v) is 7.35. The average molecular weight is 321 g/mol. The molecule has 0 radical (unpaired) electrons. The Hall–Kier alpha value is -3.40. The molecule has 1 amide bonds. The molecular formula is C17H15N5O2. The molecule has 24 heavy (non-hydrogen) atoms. The van der Waals surface area contributed by atoms with Gasteiger partial charge in [0.15, 0.2) is 17.6 Å². The molecule has 1 aromatic carbocycles. The number of nitrogens with zero attached hydrogens (tertiary/aromatic N) is 4. The molecule has 7 heteroatoms. The fourth-order valence-corrected chi connectivity index (χ4v) is 2.35. The maximum Gasteiger partial charge on any atom is 0.245 e. The Kier molecular flexibility index (Phi) is 4.38. The van der Waals surface area contributed by atoms with E-state index in [1.807, 2.05) is 36.4 Å². The van der Waals surface area contributed by atoms with Crippen LogP contribution in [0.25, 0.3) is 11.4 Å². The van der Waals surface area contributed by atoms with E-state index in [9.17, 15) is 10.1 Å². The molecule has 1 N–H and O–H groups in total. The Morgan fingerprint density at radius 3 is 2.75 bits per heavy atom. The number of amides is 1. The summed E-state index contributed by atoms with van der Waals surface area (Å²) >= 11 is 0. The van der Waals surface area contributed by atoms with Crippen molar-refractivity contribution in [3.63, 3.8) is 0 Å². The van der Waals surface area contributed by atoms with Gasteiger partial charge in [0, 0.05) is 12.6 Å². The third-order valence-electron chi connectivity index (χ3n) is 3.61. The van der Waals surface area contributed by atoms with Crippen LogP contribution >= 0.6 is 0 Å². The van der Waals surface area contributed by atoms with E-state index in [2.05, 4.69) is 15.5 Å². The van der Waals surface area contributed by atoms with Crippen molar-refractivity contribution in [3.05, 3.63) is 60.3 Å². The van der Waals surface area contributed by atoms with Gasteiger partial charge >= 0.3 is 0 Å². The summed E-state index contributed by atoms with van der Waals surface area (Å²) in [5, 5.41) is 20.2. The van der Waals surface area contributed by atoms with Gasteiger partial charge in [-0.05, 0) is 12.1 Å². The molecule has 3 rings (SSSR count). The first-order valence-electron chi connectivity index (χ1n) is 7.35. The van der Waals surface area contributed by atoms with E-state index in [0.29, 0.717) is 17.4 Å². The Balaban J connectivity index is 1.80. The van der Waals surface area contributed by atoms with Crippen LogP contribution in [-0.4, -0.2) is 20.7 Å². The normalized spacial score (nSPS) is 11.7. The van der Waals surface area contributed by atoms with Gasteiger partial charge in [-0.3, -0.25) is 4.79 Å². The number of carbonyl (C=O) groups is 1. The zero-order valence-corrected chi connectivity index (χ0v) is 13.0. The molecule has 120 valence electrons. The number of benzene rings is 1. The van der Waals surface area contributed by atoms with Crippen LogP contribution in [0.2, 0.25) is 0 Å². The molecule has 1 unspecified atom stereocenters. The van der Waals surface area contributed by atoms with Gasteiger partial charge in [-0.15, -0.1) is 10.2 Å². The largest absolute Gasteiger partial charge is 0.467 e. The first-order chi connectivity index (χ1) is 11.7. The van der Waals surface area contributed by atoms with Gasteiger partial charge in [0.1, 0.15) is 5.76 Å². The van der Waals surface area contributed by atoms with Gasteiger partial charge in [-0.25, -0.2) is 0 Å². The minimum atomic E-state index is -1.05. The summed E-state index contributed by atoms with van der Waals surface area (Å²) in [6.07, 6.45) is 1.53. The van der Waals surface area contributed by atoms with Gasteiger partial charge in [-0.1, -0.05) is 30.3 Å². The molecule has 3 aromatic rings. The zero-order chi connectivity index (χ0) is 16.9. The molecular weight excluding hydrogens is 306 g/mol. The summed E-state index contributed by atoms with van der Waals surface area (Å²) in [6, 6.07) is 14.9. The topological polar surface area (TPSA) is 96.7 Å². The SMILES string of the molecule is Cn1c(-c2ccccc2)nnc1C(C#N)C(=O)NCc1ccco1. The zero-order valence-electron chi connectivity index (χ0n) is 13.0. The number of hydrogen-bond acceptors (Lipinski definition) is 5. The number of rotatable bonds is 5. The fraction of sp³-hybridized carbons (Fsp3) is 0.176. The molecule has 0 bridgehead atoms. The third-order valence-corrected chi connectivity index (χ3v) is 3.61. The molecule has 2 heterocycles. The lowest BCUT2D eigenvalue weighted by Gasteiger charge is -2.09. The number of furan rings is 1. The van der Waals surface area contributed by atoms with Gasteiger partial charge in [-0.2, -0.15) is 5.26 Å². The second-order valence-electron chi connectivity index (χ2n) is 5.17. The van der Waals surface area contributed by atoms with Crippen molar-refractivity contribution in [2.45, 2.75) is 12.5 Å². The third kappa shape index (κ3) is 3.03. The lowest BCUT2D eigenvalue weighted by molar-refractivity contribution is -0.121. The highest BCUT2D eigenvalue weighted by molar-refractivity contribution is 5.85. The van der Waals surface area contributed by atoms with Crippen LogP contribution in [0, 0.1) is 11.3 Å². The molecule has 0 aliphatic rings. The van der Waals surface area contributed by atoms with E-state index in [4.69, 9.17) is 4.42 Å². The van der Waals surface area contributed by atoms with E-state index in [-0.39, 0.29) is 6.54 Å². The molecule has 0 spiro atoms. The Bertz CT molecular complexity index is 862. The second kappa shape index (κ2) is 6.79. The smallest absolute Gasteiger partial charge is 0.245 e. The second-order valence-corrected chi connectivity index (χ2v) is 5.17. The molecule has 7 nitrogen and oxygen atoms in total. The van der Waals surface area contributed by atoms with E-state index in [1.165, 1.54) is 6.26 Å². The van der Waals surface area contributed by atoms with Crippen molar-refractivity contribution in [2.75, 3.05) is 0 Å². The van der Waals surface area contributed by atoms with Crippen LogP contribution in [-0.2, 0) is 18.4 Å². The molecule has 0 aliphatic heterocycles. The quantitative estimate of drug-likeness (QED) is 0.775. The summed E-state index contributed by atoms with van der Waals surface area (Å²) in [5.74, 6) is 0.0277. The van der Waals surface area contributed by atoms with E-state index < -0.39 is 11.8 Å². The minimum absolute atomic E-state index is 0.216. The standard InChI is InChI=1S/C17H15N5O2/c1-22-15(12-6-3-2-4-7-12)20-21-16(22)14(10-18)17(23)19-11-13-8-5-9-24-13/h2-9,14H,11H2,1H3,(H,19,23). The highest BCUT2D eigenvalue weighted by Gasteiger charge is 2.26. The number of nitriles is 1. The van der Waals surface area contributed by atoms with Crippen LogP contribution in [0.15, 0.2) is 53.1 Å². The Morgan fingerprint density at radius 1 is 1.29 bits per heavy atom. The average Bonchev–Trinajstić information content (AvgIpc) is 3.25. The van der Waals surface area contributed by atoms with Crippen molar-refractivity contribution in [1.29, 1.82) is 5.26 Å². The van der Waals surface area contributed by atoms with Gasteiger partial charge in [0.05, 0.1) is 18.9 Å². The molecule has 0 saturated carbocycles. The lowest BCUT2D eigenvalue weighted by atomic mass is 10.1. The predicted molar refractivity (Wildman–Crippen MR) is 85.3 cm³/mol. The van der Waals surface area contributed by atoms with Crippen LogP contribution in [0.3, 0.4) is 0 Å². The highest BCUT2D eigenvalue weighted by atomic mass is 16.3. The van der Waals surface area contributed by atoms with Gasteiger partial charge in [0.2, 0.25) is 5.91 Å². The summed E-state index contributed by atoms with van der Waals surface area (Å²) in [7, 11) is 1.74. The molecule has 0 aliphatic carbocycles. The van der Waals surface area contributed by atoms with E-state index in [0.717, 1.165) is 5.56 Å². The fourth-order valence-electron chi connectivity index (χ4n) is 2.35. The summed E-state index contributed by atoms with van der Waals surface area (Å²) in [5.41, 5.74) is 0.867. The Morgan fingerprint density at radius 2 is 2.08 bits per heavy atom. The van der Waals surface area contributed by atoms with Crippen molar-refractivity contribution in [3.8, 4) is 17.5 Å². The highest BCUT2D eigenvalue weighted by Crippen LogP contribution is 2.21. The van der Waals surface area contributed by atoms with Crippen molar-refractivity contribution in [2.24, 2.45) is 7.05 Å². The van der Waals surface area contributed by atoms with Crippen LogP contribution < -0.4 is 5.32 Å². The lowest BCUT2D eigenvalue weighted by Crippen LogP contribution is -2.29. The van der Waals surface area contributed by atoms with Crippen LogP contribution in [0.4, 0.5) is 0 Å². The Labute approximate surface area is 138 Å².